The minimum absolute atomic E-state index is 0.417. The SMILES string of the molecule is CC(=O)O.CC(=O)O.CC(=O)O.NC(O)C1(N)CC1. The summed E-state index contributed by atoms with van der Waals surface area (Å²) in [4.78, 5) is 27.0. The van der Waals surface area contributed by atoms with Crippen LogP contribution in [0.1, 0.15) is 33.6 Å². The molecule has 0 saturated heterocycles. The van der Waals surface area contributed by atoms with Crippen molar-refractivity contribution >= 4 is 17.9 Å². The minimum atomic E-state index is -0.833. The fourth-order valence-electron chi connectivity index (χ4n) is 0.440. The average molecular weight is 282 g/mol. The summed E-state index contributed by atoms with van der Waals surface area (Å²) in [5.41, 5.74) is 10.1. The second-order valence-electron chi connectivity index (χ2n) is 3.74. The first-order chi connectivity index (χ1) is 8.35. The predicted octanol–water partition coefficient (Wildman–Crippen LogP) is -0.972. The number of carboxylic acid groups (broad SMARTS) is 3. The maximum Gasteiger partial charge on any atom is 0.300 e. The van der Waals surface area contributed by atoms with Gasteiger partial charge in [-0.05, 0) is 12.8 Å². The number of hydrogen-bond donors (Lipinski definition) is 6. The molecule has 9 heteroatoms. The molecule has 1 atom stereocenters. The molecule has 1 aliphatic rings. The van der Waals surface area contributed by atoms with Crippen LogP contribution in [0.15, 0.2) is 0 Å². The first-order valence-corrected chi connectivity index (χ1v) is 5.16. The zero-order valence-corrected chi connectivity index (χ0v) is 11.2. The van der Waals surface area contributed by atoms with Gasteiger partial charge in [-0.15, -0.1) is 0 Å². The summed E-state index contributed by atoms with van der Waals surface area (Å²) >= 11 is 0. The Morgan fingerprint density at radius 1 is 0.947 bits per heavy atom. The van der Waals surface area contributed by atoms with Gasteiger partial charge in [0, 0.05) is 20.8 Å². The topological polar surface area (TPSA) is 184 Å². The molecular formula is C10H22N2O7. The van der Waals surface area contributed by atoms with E-state index in [0.29, 0.717) is 0 Å². The first kappa shape index (κ1) is 22.5. The summed E-state index contributed by atoms with van der Waals surface area (Å²) < 4.78 is 0. The van der Waals surface area contributed by atoms with Crippen LogP contribution >= 0.6 is 0 Å². The molecule has 0 heterocycles. The van der Waals surface area contributed by atoms with Gasteiger partial charge < -0.3 is 31.9 Å². The minimum Gasteiger partial charge on any atom is -0.481 e. The van der Waals surface area contributed by atoms with Crippen LogP contribution in [0.25, 0.3) is 0 Å². The van der Waals surface area contributed by atoms with Gasteiger partial charge in [-0.2, -0.15) is 0 Å². The van der Waals surface area contributed by atoms with Crippen LogP contribution < -0.4 is 11.5 Å². The Morgan fingerprint density at radius 3 is 1.11 bits per heavy atom. The largest absolute Gasteiger partial charge is 0.481 e. The Bertz CT molecular complexity index is 247. The summed E-state index contributed by atoms with van der Waals surface area (Å²) in [6, 6.07) is 0. The van der Waals surface area contributed by atoms with Crippen molar-refractivity contribution in [1.29, 1.82) is 0 Å². The number of aliphatic carboxylic acids is 3. The second-order valence-corrected chi connectivity index (χ2v) is 3.74. The molecule has 1 unspecified atom stereocenters. The predicted molar refractivity (Wildman–Crippen MR) is 66.3 cm³/mol. The lowest BCUT2D eigenvalue weighted by Gasteiger charge is -2.09. The van der Waals surface area contributed by atoms with Crippen molar-refractivity contribution in [2.45, 2.75) is 45.4 Å². The Hall–Kier alpha value is -1.71. The number of aliphatic hydroxyl groups is 1. The molecule has 9 nitrogen and oxygen atoms in total. The molecule has 1 rings (SSSR count). The van der Waals surface area contributed by atoms with Gasteiger partial charge in [-0.1, -0.05) is 0 Å². The van der Waals surface area contributed by atoms with Crippen molar-refractivity contribution in [3.63, 3.8) is 0 Å². The van der Waals surface area contributed by atoms with E-state index in [-0.39, 0.29) is 0 Å². The second kappa shape index (κ2) is 11.4. The van der Waals surface area contributed by atoms with Gasteiger partial charge in [0.25, 0.3) is 17.9 Å². The lowest BCUT2D eigenvalue weighted by Crippen LogP contribution is -2.43. The molecule has 0 bridgehead atoms. The Morgan fingerprint density at radius 2 is 1.11 bits per heavy atom. The number of nitrogens with two attached hydrogens (primary N) is 2. The highest BCUT2D eigenvalue weighted by Gasteiger charge is 2.43. The van der Waals surface area contributed by atoms with E-state index in [0.717, 1.165) is 33.6 Å². The van der Waals surface area contributed by atoms with Gasteiger partial charge in [-0.25, -0.2) is 0 Å². The van der Waals surface area contributed by atoms with Crippen molar-refractivity contribution in [1.82, 2.24) is 0 Å². The third-order valence-corrected chi connectivity index (χ3v) is 1.42. The third-order valence-electron chi connectivity index (χ3n) is 1.42. The van der Waals surface area contributed by atoms with Crippen LogP contribution in [-0.2, 0) is 14.4 Å². The monoisotopic (exact) mass is 282 g/mol. The van der Waals surface area contributed by atoms with Gasteiger partial charge in [0.1, 0.15) is 6.23 Å². The van der Waals surface area contributed by atoms with Crippen molar-refractivity contribution in [2.75, 3.05) is 0 Å². The van der Waals surface area contributed by atoms with Crippen molar-refractivity contribution < 1.29 is 34.8 Å². The van der Waals surface area contributed by atoms with Crippen LogP contribution in [0.3, 0.4) is 0 Å². The molecule has 0 aliphatic heterocycles. The molecule has 8 N–H and O–H groups in total. The third kappa shape index (κ3) is 38.5. The van der Waals surface area contributed by atoms with Gasteiger partial charge >= 0.3 is 0 Å². The Kier molecular flexibility index (Phi) is 13.5. The zero-order chi connectivity index (χ0) is 16.2. The number of rotatable bonds is 1. The first-order valence-electron chi connectivity index (χ1n) is 5.16. The molecule has 0 amide bonds. The van der Waals surface area contributed by atoms with Crippen molar-refractivity contribution in [3.05, 3.63) is 0 Å². The highest BCUT2D eigenvalue weighted by Crippen LogP contribution is 2.33. The molecule has 0 radical (unpaired) electrons. The van der Waals surface area contributed by atoms with E-state index in [1.165, 1.54) is 0 Å². The van der Waals surface area contributed by atoms with Crippen LogP contribution in [-0.4, -0.2) is 50.1 Å². The zero-order valence-electron chi connectivity index (χ0n) is 11.2. The van der Waals surface area contributed by atoms with E-state index in [4.69, 9.17) is 46.3 Å². The van der Waals surface area contributed by atoms with Gasteiger partial charge in [-0.3, -0.25) is 14.4 Å². The number of carboxylic acids is 3. The summed E-state index contributed by atoms with van der Waals surface area (Å²) in [6.45, 7) is 3.25. The number of hydrogen-bond acceptors (Lipinski definition) is 6. The molecule has 0 spiro atoms. The molecule has 1 aliphatic carbocycles. The molecule has 0 aromatic carbocycles. The standard InChI is InChI=1S/C4H10N2O.3C2H4O2/c5-3(7)4(6)1-2-4;3*1-2(3)4/h3,7H,1-2,5-6H2;3*1H3,(H,3,4). The highest BCUT2D eigenvalue weighted by molar-refractivity contribution is 5.63. The Balaban J connectivity index is -0.000000189. The van der Waals surface area contributed by atoms with E-state index in [1.807, 2.05) is 0 Å². The molecule has 1 saturated carbocycles. The summed E-state index contributed by atoms with van der Waals surface area (Å²) in [6.07, 6.45) is 0.919. The van der Waals surface area contributed by atoms with Crippen LogP contribution in [0.2, 0.25) is 0 Å². The van der Waals surface area contributed by atoms with E-state index < -0.39 is 29.7 Å². The molecule has 19 heavy (non-hydrogen) atoms. The summed E-state index contributed by atoms with van der Waals surface area (Å²) in [7, 11) is 0. The summed E-state index contributed by atoms with van der Waals surface area (Å²) in [5.74, 6) is -2.50. The van der Waals surface area contributed by atoms with Crippen molar-refractivity contribution in [3.8, 4) is 0 Å². The lowest BCUT2D eigenvalue weighted by molar-refractivity contribution is -0.135. The Labute approximate surface area is 110 Å². The smallest absolute Gasteiger partial charge is 0.300 e. The lowest BCUT2D eigenvalue weighted by atomic mass is 10.3. The van der Waals surface area contributed by atoms with Gasteiger partial charge in [0.2, 0.25) is 0 Å². The van der Waals surface area contributed by atoms with E-state index >= 15 is 0 Å². The van der Waals surface area contributed by atoms with Crippen LogP contribution in [0.4, 0.5) is 0 Å². The molecule has 0 aromatic rings. The van der Waals surface area contributed by atoms with E-state index in [2.05, 4.69) is 0 Å². The van der Waals surface area contributed by atoms with Crippen molar-refractivity contribution in [2.24, 2.45) is 11.5 Å². The normalized spacial score (nSPS) is 14.8. The fourth-order valence-corrected chi connectivity index (χ4v) is 0.440. The molecule has 114 valence electrons. The molecule has 0 aromatic heterocycles. The average Bonchev–Trinajstić information content (AvgIpc) is 2.81. The van der Waals surface area contributed by atoms with Gasteiger partial charge in [0.15, 0.2) is 0 Å². The maximum absolute atomic E-state index is 9.00. The highest BCUT2D eigenvalue weighted by atomic mass is 16.4. The van der Waals surface area contributed by atoms with Gasteiger partial charge in [0.05, 0.1) is 5.54 Å². The quantitative estimate of drug-likeness (QED) is 0.329. The van der Waals surface area contributed by atoms with E-state index in [9.17, 15) is 0 Å². The summed E-state index contributed by atoms with van der Waals surface area (Å²) in [5, 5.41) is 30.9. The molecule has 1 fully saturated rings. The molecular weight excluding hydrogens is 260 g/mol. The maximum atomic E-state index is 9.00. The number of carbonyl (C=O) groups is 3. The van der Waals surface area contributed by atoms with E-state index in [1.54, 1.807) is 0 Å². The van der Waals surface area contributed by atoms with Crippen LogP contribution in [0, 0.1) is 0 Å². The van der Waals surface area contributed by atoms with Crippen LogP contribution in [0.5, 0.6) is 0 Å². The fraction of sp³-hybridized carbons (Fsp3) is 0.700. The number of aliphatic hydroxyl groups excluding tert-OH is 1.